The van der Waals surface area contributed by atoms with E-state index in [-0.39, 0.29) is 17.6 Å². The molecule has 0 aliphatic carbocycles. The van der Waals surface area contributed by atoms with Gasteiger partial charge in [0.15, 0.2) is 0 Å². The summed E-state index contributed by atoms with van der Waals surface area (Å²) in [5.41, 5.74) is 3.14. The Labute approximate surface area is 139 Å². The Morgan fingerprint density at radius 1 is 1.12 bits per heavy atom. The van der Waals surface area contributed by atoms with Crippen LogP contribution in [0.2, 0.25) is 0 Å². The minimum Gasteiger partial charge on any atom is -0.508 e. The molecule has 1 aliphatic heterocycles. The molecule has 0 saturated heterocycles. The van der Waals surface area contributed by atoms with Crippen molar-refractivity contribution in [2.45, 2.75) is 18.9 Å². The number of nitrogens with zero attached hydrogens (tertiary/aromatic N) is 2. The van der Waals surface area contributed by atoms with Gasteiger partial charge in [-0.2, -0.15) is 5.10 Å². The highest BCUT2D eigenvalue weighted by Gasteiger charge is 2.29. The molecule has 1 aromatic heterocycles. The number of aromatic nitrogens is 2. The summed E-state index contributed by atoms with van der Waals surface area (Å²) in [6.45, 7) is 0.610. The molecule has 2 heterocycles. The van der Waals surface area contributed by atoms with E-state index >= 15 is 0 Å². The lowest BCUT2D eigenvalue weighted by Gasteiger charge is -2.23. The van der Waals surface area contributed by atoms with Crippen molar-refractivity contribution in [3.05, 3.63) is 77.5 Å². The molecule has 0 saturated carbocycles. The van der Waals surface area contributed by atoms with Crippen molar-refractivity contribution in [1.82, 2.24) is 9.78 Å². The van der Waals surface area contributed by atoms with Gasteiger partial charge in [-0.1, -0.05) is 42.5 Å². The number of benzene rings is 2. The van der Waals surface area contributed by atoms with Crippen LogP contribution < -0.4 is 5.32 Å². The molecule has 0 bridgehead atoms. The highest BCUT2D eigenvalue weighted by molar-refractivity contribution is 5.94. The van der Waals surface area contributed by atoms with E-state index in [2.05, 4.69) is 10.4 Å². The summed E-state index contributed by atoms with van der Waals surface area (Å²) in [6, 6.07) is 17.0. The average Bonchev–Trinajstić information content (AvgIpc) is 2.99. The van der Waals surface area contributed by atoms with Gasteiger partial charge in [0, 0.05) is 17.9 Å². The van der Waals surface area contributed by atoms with Crippen molar-refractivity contribution in [3.63, 3.8) is 0 Å². The number of anilines is 1. The lowest BCUT2D eigenvalue weighted by atomic mass is 9.87. The van der Waals surface area contributed by atoms with Crippen molar-refractivity contribution in [1.29, 1.82) is 0 Å². The van der Waals surface area contributed by atoms with Gasteiger partial charge in [0.05, 0.1) is 12.7 Å². The van der Waals surface area contributed by atoms with E-state index in [1.165, 1.54) is 0 Å². The monoisotopic (exact) mass is 319 g/mol. The molecule has 1 amide bonds. The second kappa shape index (κ2) is 5.85. The molecule has 0 radical (unpaired) electrons. The lowest BCUT2D eigenvalue weighted by molar-refractivity contribution is -0.116. The number of amides is 1. The number of fused-ring (bicyclic) bond motifs is 1. The first kappa shape index (κ1) is 14.5. The Morgan fingerprint density at radius 3 is 2.62 bits per heavy atom. The fraction of sp³-hybridized carbons (Fsp3) is 0.158. The summed E-state index contributed by atoms with van der Waals surface area (Å²) in [7, 11) is 0. The fourth-order valence-electron chi connectivity index (χ4n) is 3.15. The molecule has 5 nitrogen and oxygen atoms in total. The standard InChI is InChI=1S/C19H17N3O2/c23-15-8-6-14(7-9-15)16-10-18(24)21-19-17(16)11-20-22(19)12-13-4-2-1-3-5-13/h1-9,11,16,23H,10,12H2,(H,21,24)/t16-/m1/s1. The van der Waals surface area contributed by atoms with Crippen LogP contribution in [-0.4, -0.2) is 20.8 Å². The predicted octanol–water partition coefficient (Wildman–Crippen LogP) is 3.11. The highest BCUT2D eigenvalue weighted by atomic mass is 16.3. The SMILES string of the molecule is O=C1C[C@H](c2ccc(O)cc2)c2cnn(Cc3ccccc3)c2N1. The van der Waals surface area contributed by atoms with Crippen LogP contribution in [0.1, 0.15) is 29.0 Å². The lowest BCUT2D eigenvalue weighted by Crippen LogP contribution is -2.25. The van der Waals surface area contributed by atoms with E-state index in [0.29, 0.717) is 13.0 Å². The Morgan fingerprint density at radius 2 is 1.88 bits per heavy atom. The molecule has 1 aliphatic rings. The van der Waals surface area contributed by atoms with Crippen LogP contribution in [0.4, 0.5) is 5.82 Å². The largest absolute Gasteiger partial charge is 0.508 e. The first-order valence-electron chi connectivity index (χ1n) is 7.89. The zero-order valence-electron chi connectivity index (χ0n) is 13.0. The molecule has 4 rings (SSSR count). The highest BCUT2D eigenvalue weighted by Crippen LogP contribution is 2.37. The molecule has 0 unspecified atom stereocenters. The molecule has 1 atom stereocenters. The summed E-state index contributed by atoms with van der Waals surface area (Å²) < 4.78 is 1.83. The molecule has 2 aromatic carbocycles. The smallest absolute Gasteiger partial charge is 0.226 e. The van der Waals surface area contributed by atoms with Gasteiger partial charge in [0.1, 0.15) is 11.6 Å². The van der Waals surface area contributed by atoms with E-state index in [1.54, 1.807) is 12.1 Å². The van der Waals surface area contributed by atoms with Crippen LogP contribution >= 0.6 is 0 Å². The number of phenols is 1. The van der Waals surface area contributed by atoms with Crippen LogP contribution in [0.15, 0.2) is 60.8 Å². The van der Waals surface area contributed by atoms with E-state index in [4.69, 9.17) is 0 Å². The van der Waals surface area contributed by atoms with Crippen LogP contribution in [0, 0.1) is 0 Å². The maximum atomic E-state index is 12.2. The number of rotatable bonds is 3. The zero-order chi connectivity index (χ0) is 16.5. The summed E-state index contributed by atoms with van der Waals surface area (Å²) in [4.78, 5) is 12.2. The molecule has 24 heavy (non-hydrogen) atoms. The Kier molecular flexibility index (Phi) is 3.54. The van der Waals surface area contributed by atoms with Crippen LogP contribution in [-0.2, 0) is 11.3 Å². The number of phenolic OH excluding ortho intramolecular Hbond substituents is 1. The first-order chi connectivity index (χ1) is 11.7. The van der Waals surface area contributed by atoms with Gasteiger partial charge in [0.2, 0.25) is 5.91 Å². The van der Waals surface area contributed by atoms with Crippen LogP contribution in [0.5, 0.6) is 5.75 Å². The summed E-state index contributed by atoms with van der Waals surface area (Å²) >= 11 is 0. The number of aromatic hydroxyl groups is 1. The van der Waals surface area contributed by atoms with Gasteiger partial charge in [-0.25, -0.2) is 4.68 Å². The molecule has 120 valence electrons. The second-order valence-electron chi connectivity index (χ2n) is 5.99. The minimum atomic E-state index is -0.0427. The third-order valence-corrected chi connectivity index (χ3v) is 4.36. The number of hydrogen-bond acceptors (Lipinski definition) is 3. The van der Waals surface area contributed by atoms with Crippen molar-refractivity contribution >= 4 is 11.7 Å². The molecule has 5 heteroatoms. The molecule has 0 fully saturated rings. The Bertz CT molecular complexity index is 869. The van der Waals surface area contributed by atoms with E-state index < -0.39 is 0 Å². The van der Waals surface area contributed by atoms with Gasteiger partial charge < -0.3 is 10.4 Å². The third-order valence-electron chi connectivity index (χ3n) is 4.36. The van der Waals surface area contributed by atoms with E-state index in [0.717, 1.165) is 22.5 Å². The zero-order valence-corrected chi connectivity index (χ0v) is 13.0. The maximum Gasteiger partial charge on any atom is 0.226 e. The third kappa shape index (κ3) is 2.65. The maximum absolute atomic E-state index is 12.2. The topological polar surface area (TPSA) is 67.1 Å². The average molecular weight is 319 g/mol. The fourth-order valence-corrected chi connectivity index (χ4v) is 3.15. The van der Waals surface area contributed by atoms with E-state index in [1.807, 2.05) is 53.3 Å². The van der Waals surface area contributed by atoms with Crippen molar-refractivity contribution in [2.75, 3.05) is 5.32 Å². The Balaban J connectivity index is 1.70. The molecule has 0 spiro atoms. The summed E-state index contributed by atoms with van der Waals surface area (Å²) in [6.07, 6.45) is 2.21. The van der Waals surface area contributed by atoms with Crippen LogP contribution in [0.25, 0.3) is 0 Å². The van der Waals surface area contributed by atoms with Crippen molar-refractivity contribution < 1.29 is 9.90 Å². The molecular weight excluding hydrogens is 302 g/mol. The van der Waals surface area contributed by atoms with E-state index in [9.17, 15) is 9.90 Å². The normalized spacial score (nSPS) is 16.5. The number of hydrogen-bond donors (Lipinski definition) is 2. The minimum absolute atomic E-state index is 0.0182. The van der Waals surface area contributed by atoms with Gasteiger partial charge in [0.25, 0.3) is 0 Å². The number of nitrogens with one attached hydrogen (secondary N) is 1. The second-order valence-corrected chi connectivity index (χ2v) is 5.99. The summed E-state index contributed by atoms with van der Waals surface area (Å²) in [5.74, 6) is 0.918. The van der Waals surface area contributed by atoms with Gasteiger partial charge >= 0.3 is 0 Å². The molecule has 2 N–H and O–H groups in total. The predicted molar refractivity (Wildman–Crippen MR) is 91.0 cm³/mol. The van der Waals surface area contributed by atoms with Gasteiger partial charge in [-0.3, -0.25) is 4.79 Å². The van der Waals surface area contributed by atoms with Crippen molar-refractivity contribution in [3.8, 4) is 5.75 Å². The number of carbonyl (C=O) groups excluding carboxylic acids is 1. The molecule has 3 aromatic rings. The number of carbonyl (C=O) groups is 1. The first-order valence-corrected chi connectivity index (χ1v) is 7.89. The summed E-state index contributed by atoms with van der Waals surface area (Å²) in [5, 5.41) is 16.9. The van der Waals surface area contributed by atoms with Gasteiger partial charge in [-0.15, -0.1) is 0 Å². The quantitative estimate of drug-likeness (QED) is 0.779. The van der Waals surface area contributed by atoms with Crippen molar-refractivity contribution in [2.24, 2.45) is 0 Å². The van der Waals surface area contributed by atoms with Crippen LogP contribution in [0.3, 0.4) is 0 Å². The Hall–Kier alpha value is -3.08. The van der Waals surface area contributed by atoms with Gasteiger partial charge in [-0.05, 0) is 23.3 Å². The molecular formula is C19H17N3O2.